The van der Waals surface area contributed by atoms with Gasteiger partial charge in [0.05, 0.1) is 15.7 Å². The molecule has 6 nitrogen and oxygen atoms in total. The van der Waals surface area contributed by atoms with Crippen LogP contribution >= 0.6 is 23.2 Å². The van der Waals surface area contributed by atoms with Crippen molar-refractivity contribution in [2.75, 3.05) is 15.7 Å². The minimum Gasteiger partial charge on any atom is -0.377 e. The molecule has 0 bridgehead atoms. The van der Waals surface area contributed by atoms with Crippen molar-refractivity contribution in [3.05, 3.63) is 82.3 Å². The number of nitrogens with one attached hydrogen (secondary N) is 2. The number of nitrogens with zero attached hydrogens (tertiary/aromatic N) is 1. The third kappa shape index (κ3) is 3.71. The van der Waals surface area contributed by atoms with E-state index >= 15 is 0 Å². The summed E-state index contributed by atoms with van der Waals surface area (Å²) in [7, 11) is 0. The highest BCUT2D eigenvalue weighted by Crippen LogP contribution is 2.37. The number of carbonyl (C=O) groups excluding carboxylic acids is 1. The number of amides is 2. The molecule has 8 heteroatoms. The van der Waals surface area contributed by atoms with Gasteiger partial charge in [-0.15, -0.1) is 0 Å². The molecule has 1 aliphatic rings. The number of hydrogen-bond donors (Lipinski definition) is 3. The first-order chi connectivity index (χ1) is 13.5. The van der Waals surface area contributed by atoms with Crippen LogP contribution in [0.15, 0.2) is 66.7 Å². The second-order valence-corrected chi connectivity index (χ2v) is 6.97. The first kappa shape index (κ1) is 18.4. The van der Waals surface area contributed by atoms with Crippen LogP contribution in [-0.4, -0.2) is 6.03 Å². The molecule has 0 aromatic heterocycles. The van der Waals surface area contributed by atoms with Gasteiger partial charge in [0, 0.05) is 16.9 Å². The van der Waals surface area contributed by atoms with Gasteiger partial charge in [-0.2, -0.15) is 5.06 Å². The molecular weight excluding hydrogens is 399 g/mol. The maximum atomic E-state index is 12.2. The SMILES string of the molecule is NC1c2ccccc2ON1c1ccc(NC(=O)Nc2ccc(Cl)c(Cl)c2)cc1. The highest BCUT2D eigenvalue weighted by atomic mass is 35.5. The van der Waals surface area contributed by atoms with Crippen LogP contribution in [0.5, 0.6) is 5.75 Å². The van der Waals surface area contributed by atoms with Crippen molar-refractivity contribution in [1.29, 1.82) is 0 Å². The highest BCUT2D eigenvalue weighted by molar-refractivity contribution is 6.42. The minimum absolute atomic E-state index is 0.367. The van der Waals surface area contributed by atoms with Gasteiger partial charge in [-0.1, -0.05) is 41.4 Å². The Kier molecular flexibility index (Phi) is 5.00. The van der Waals surface area contributed by atoms with E-state index in [9.17, 15) is 4.79 Å². The molecule has 1 heterocycles. The summed E-state index contributed by atoms with van der Waals surface area (Å²) in [5, 5.41) is 7.87. The number of benzene rings is 3. The van der Waals surface area contributed by atoms with E-state index in [1.54, 1.807) is 35.4 Å². The van der Waals surface area contributed by atoms with Crippen LogP contribution in [0.25, 0.3) is 0 Å². The Labute approximate surface area is 171 Å². The Morgan fingerprint density at radius 3 is 2.32 bits per heavy atom. The van der Waals surface area contributed by atoms with Crippen molar-refractivity contribution in [3.8, 4) is 5.75 Å². The second-order valence-electron chi connectivity index (χ2n) is 6.15. The van der Waals surface area contributed by atoms with Gasteiger partial charge in [-0.3, -0.25) is 0 Å². The van der Waals surface area contributed by atoms with E-state index in [4.69, 9.17) is 33.8 Å². The van der Waals surface area contributed by atoms with Crippen LogP contribution < -0.4 is 26.3 Å². The summed E-state index contributed by atoms with van der Waals surface area (Å²) in [6.07, 6.45) is -0.395. The number of nitrogens with two attached hydrogens (primary N) is 1. The first-order valence-electron chi connectivity index (χ1n) is 8.46. The number of rotatable bonds is 3. The van der Waals surface area contributed by atoms with Crippen LogP contribution in [0.4, 0.5) is 21.9 Å². The number of carbonyl (C=O) groups is 1. The topological polar surface area (TPSA) is 79.6 Å². The molecule has 3 aromatic carbocycles. The van der Waals surface area contributed by atoms with E-state index in [-0.39, 0.29) is 0 Å². The fourth-order valence-corrected chi connectivity index (χ4v) is 3.17. The Bertz CT molecular complexity index is 1030. The molecule has 1 unspecified atom stereocenters. The zero-order valence-electron chi connectivity index (χ0n) is 14.5. The van der Waals surface area contributed by atoms with Crippen molar-refractivity contribution < 1.29 is 9.63 Å². The van der Waals surface area contributed by atoms with Crippen molar-refractivity contribution in [2.24, 2.45) is 5.73 Å². The molecule has 0 spiro atoms. The summed E-state index contributed by atoms with van der Waals surface area (Å²) >= 11 is 11.8. The van der Waals surface area contributed by atoms with E-state index < -0.39 is 12.2 Å². The Morgan fingerprint density at radius 2 is 1.61 bits per heavy atom. The third-order valence-electron chi connectivity index (χ3n) is 4.24. The number of hydroxylamine groups is 1. The predicted molar refractivity (Wildman–Crippen MR) is 112 cm³/mol. The molecule has 0 saturated carbocycles. The lowest BCUT2D eigenvalue weighted by atomic mass is 10.1. The van der Waals surface area contributed by atoms with Crippen LogP contribution in [0, 0.1) is 0 Å². The first-order valence-corrected chi connectivity index (χ1v) is 9.22. The van der Waals surface area contributed by atoms with Gasteiger partial charge < -0.3 is 21.2 Å². The van der Waals surface area contributed by atoms with Crippen LogP contribution in [0.1, 0.15) is 11.7 Å². The fourth-order valence-electron chi connectivity index (χ4n) is 2.87. The maximum absolute atomic E-state index is 12.2. The smallest absolute Gasteiger partial charge is 0.323 e. The van der Waals surface area contributed by atoms with Gasteiger partial charge in [-0.05, 0) is 48.5 Å². The van der Waals surface area contributed by atoms with E-state index in [0.29, 0.717) is 21.4 Å². The van der Waals surface area contributed by atoms with Crippen molar-refractivity contribution in [1.82, 2.24) is 0 Å². The minimum atomic E-state index is -0.396. The summed E-state index contributed by atoms with van der Waals surface area (Å²) in [6, 6.07) is 19.3. The van der Waals surface area contributed by atoms with Gasteiger partial charge in [0.15, 0.2) is 5.75 Å². The van der Waals surface area contributed by atoms with Gasteiger partial charge in [0.2, 0.25) is 0 Å². The molecule has 3 aromatic rings. The van der Waals surface area contributed by atoms with Gasteiger partial charge in [0.25, 0.3) is 0 Å². The number of hydrogen-bond acceptors (Lipinski definition) is 4. The quantitative estimate of drug-likeness (QED) is 0.535. The molecule has 0 saturated heterocycles. The Morgan fingerprint density at radius 1 is 0.929 bits per heavy atom. The predicted octanol–water partition coefficient (Wildman–Crippen LogP) is 5.41. The molecule has 2 amide bonds. The summed E-state index contributed by atoms with van der Waals surface area (Å²) < 4.78 is 0. The molecule has 1 atom stereocenters. The van der Waals surface area contributed by atoms with Crippen LogP contribution in [0.3, 0.4) is 0 Å². The Hall–Kier alpha value is -2.93. The maximum Gasteiger partial charge on any atom is 0.323 e. The lowest BCUT2D eigenvalue weighted by molar-refractivity contribution is 0.262. The zero-order valence-corrected chi connectivity index (χ0v) is 16.0. The molecule has 4 rings (SSSR count). The fraction of sp³-hybridized carbons (Fsp3) is 0.0500. The van der Waals surface area contributed by atoms with Crippen LogP contribution in [-0.2, 0) is 0 Å². The van der Waals surface area contributed by atoms with Gasteiger partial charge in [-0.25, -0.2) is 4.79 Å². The Balaban J connectivity index is 1.41. The average Bonchev–Trinajstić information content (AvgIpc) is 3.02. The molecule has 142 valence electrons. The van der Waals surface area contributed by atoms with Gasteiger partial charge in [0.1, 0.15) is 6.17 Å². The molecule has 28 heavy (non-hydrogen) atoms. The molecule has 0 radical (unpaired) electrons. The van der Waals surface area contributed by atoms with Crippen molar-refractivity contribution >= 4 is 46.3 Å². The average molecular weight is 415 g/mol. The third-order valence-corrected chi connectivity index (χ3v) is 4.98. The van der Waals surface area contributed by atoms with E-state index in [2.05, 4.69) is 10.6 Å². The largest absolute Gasteiger partial charge is 0.377 e. The molecule has 4 N–H and O–H groups in total. The van der Waals surface area contributed by atoms with Crippen LogP contribution in [0.2, 0.25) is 10.0 Å². The van der Waals surface area contributed by atoms with E-state index in [1.165, 1.54) is 0 Å². The summed E-state index contributed by atoms with van der Waals surface area (Å²) in [6.45, 7) is 0. The normalized spacial score (nSPS) is 15.0. The van der Waals surface area contributed by atoms with Gasteiger partial charge >= 0.3 is 6.03 Å². The molecule has 0 fully saturated rings. The zero-order chi connectivity index (χ0) is 19.7. The number of para-hydroxylation sites is 1. The molecule has 0 aliphatic carbocycles. The standard InChI is InChI=1S/C20H16Cl2N4O2/c21-16-10-7-13(11-17(16)22)25-20(27)24-12-5-8-14(9-6-12)26-19(23)15-3-1-2-4-18(15)28-26/h1-11,19H,23H2,(H2,24,25,27). The lowest BCUT2D eigenvalue weighted by Crippen LogP contribution is -2.31. The second kappa shape index (κ2) is 7.59. The van der Waals surface area contributed by atoms with Crippen molar-refractivity contribution in [2.45, 2.75) is 6.17 Å². The number of halogens is 2. The molecule has 1 aliphatic heterocycles. The number of urea groups is 1. The summed E-state index contributed by atoms with van der Waals surface area (Å²) in [5.74, 6) is 0.734. The molecular formula is C20H16Cl2N4O2. The number of fused-ring (bicyclic) bond motifs is 1. The number of anilines is 3. The van der Waals surface area contributed by atoms with Crippen molar-refractivity contribution in [3.63, 3.8) is 0 Å². The highest BCUT2D eigenvalue weighted by Gasteiger charge is 2.29. The monoisotopic (exact) mass is 414 g/mol. The summed E-state index contributed by atoms with van der Waals surface area (Å²) in [5.41, 5.74) is 9.11. The van der Waals surface area contributed by atoms with E-state index in [0.717, 1.165) is 17.0 Å². The summed E-state index contributed by atoms with van der Waals surface area (Å²) in [4.78, 5) is 18.0. The van der Waals surface area contributed by atoms with E-state index in [1.807, 2.05) is 36.4 Å². The lowest BCUT2D eigenvalue weighted by Gasteiger charge is -2.21.